The molecule has 1 aliphatic carbocycles. The summed E-state index contributed by atoms with van der Waals surface area (Å²) in [5.74, 6) is -0.250. The van der Waals surface area contributed by atoms with Crippen LogP contribution in [-0.2, 0) is 4.79 Å². The SMILES string of the molecule is Cc1ccc(NC(=O)/C=C/c2ccc(C(=O)NC3CC3)cc2)c(Br)c1. The van der Waals surface area contributed by atoms with E-state index in [1.165, 1.54) is 6.08 Å². The first-order chi connectivity index (χ1) is 12.0. The molecule has 1 saturated carbocycles. The van der Waals surface area contributed by atoms with Gasteiger partial charge in [-0.2, -0.15) is 0 Å². The van der Waals surface area contributed by atoms with Gasteiger partial charge in [-0.25, -0.2) is 0 Å². The highest BCUT2D eigenvalue weighted by Crippen LogP contribution is 2.23. The van der Waals surface area contributed by atoms with Crippen molar-refractivity contribution >= 4 is 39.5 Å². The van der Waals surface area contributed by atoms with Crippen molar-refractivity contribution in [3.63, 3.8) is 0 Å². The Morgan fingerprint density at radius 3 is 2.48 bits per heavy atom. The second-order valence-corrected chi connectivity index (χ2v) is 7.03. The number of nitrogens with one attached hydrogen (secondary N) is 2. The van der Waals surface area contributed by atoms with Crippen molar-refractivity contribution in [2.75, 3.05) is 5.32 Å². The summed E-state index contributed by atoms with van der Waals surface area (Å²) in [6.07, 6.45) is 5.34. The molecule has 0 heterocycles. The molecule has 0 unspecified atom stereocenters. The molecule has 0 atom stereocenters. The van der Waals surface area contributed by atoms with Crippen molar-refractivity contribution in [3.05, 3.63) is 69.7 Å². The molecule has 0 saturated heterocycles. The second kappa shape index (κ2) is 7.66. The molecule has 2 aromatic rings. The number of rotatable bonds is 5. The number of carbonyl (C=O) groups excluding carboxylic acids is 2. The summed E-state index contributed by atoms with van der Waals surface area (Å²) in [4.78, 5) is 24.0. The molecule has 5 heteroatoms. The highest BCUT2D eigenvalue weighted by molar-refractivity contribution is 9.10. The summed E-state index contributed by atoms with van der Waals surface area (Å²) < 4.78 is 0.847. The van der Waals surface area contributed by atoms with Gasteiger partial charge in [-0.15, -0.1) is 0 Å². The van der Waals surface area contributed by atoms with Gasteiger partial charge in [-0.1, -0.05) is 18.2 Å². The molecule has 2 amide bonds. The summed E-state index contributed by atoms with van der Waals surface area (Å²) in [5.41, 5.74) is 3.34. The van der Waals surface area contributed by atoms with E-state index in [1.807, 2.05) is 37.3 Å². The predicted octanol–water partition coefficient (Wildman–Crippen LogP) is 4.30. The second-order valence-electron chi connectivity index (χ2n) is 6.18. The quantitative estimate of drug-likeness (QED) is 0.737. The summed E-state index contributed by atoms with van der Waals surface area (Å²) in [6.45, 7) is 1.99. The first-order valence-corrected chi connectivity index (χ1v) is 8.97. The molecule has 4 nitrogen and oxygen atoms in total. The van der Waals surface area contributed by atoms with Crippen molar-refractivity contribution < 1.29 is 9.59 Å². The third-order valence-corrected chi connectivity index (χ3v) is 4.55. The molecule has 128 valence electrons. The van der Waals surface area contributed by atoms with Crippen molar-refractivity contribution in [1.82, 2.24) is 5.32 Å². The van der Waals surface area contributed by atoms with Crippen LogP contribution in [0.1, 0.15) is 34.3 Å². The van der Waals surface area contributed by atoms with Gasteiger partial charge in [0.2, 0.25) is 5.91 Å². The molecule has 2 N–H and O–H groups in total. The maximum absolute atomic E-state index is 12.0. The van der Waals surface area contributed by atoms with Crippen LogP contribution < -0.4 is 10.6 Å². The van der Waals surface area contributed by atoms with Gasteiger partial charge in [0.25, 0.3) is 5.91 Å². The van der Waals surface area contributed by atoms with Crippen LogP contribution in [0, 0.1) is 6.92 Å². The molecule has 0 radical (unpaired) electrons. The van der Waals surface area contributed by atoms with Crippen LogP contribution >= 0.6 is 15.9 Å². The lowest BCUT2D eigenvalue weighted by Gasteiger charge is -2.06. The zero-order chi connectivity index (χ0) is 17.8. The first kappa shape index (κ1) is 17.4. The van der Waals surface area contributed by atoms with E-state index < -0.39 is 0 Å². The van der Waals surface area contributed by atoms with Crippen molar-refractivity contribution in [2.24, 2.45) is 0 Å². The van der Waals surface area contributed by atoms with Crippen molar-refractivity contribution in [1.29, 1.82) is 0 Å². The molecular formula is C20H19BrN2O2. The Hall–Kier alpha value is -2.40. The smallest absolute Gasteiger partial charge is 0.251 e. The van der Waals surface area contributed by atoms with Crippen LogP contribution in [0.25, 0.3) is 6.08 Å². The predicted molar refractivity (Wildman–Crippen MR) is 103 cm³/mol. The van der Waals surface area contributed by atoms with E-state index in [4.69, 9.17) is 0 Å². The highest BCUT2D eigenvalue weighted by Gasteiger charge is 2.23. The monoisotopic (exact) mass is 398 g/mol. The Labute approximate surface area is 155 Å². The molecule has 3 rings (SSSR count). The number of carbonyl (C=O) groups is 2. The van der Waals surface area contributed by atoms with Gasteiger partial charge in [0.15, 0.2) is 0 Å². The number of benzene rings is 2. The minimum atomic E-state index is -0.208. The van der Waals surface area contributed by atoms with Gasteiger partial charge in [0.05, 0.1) is 5.69 Å². The third kappa shape index (κ3) is 5.03. The molecule has 0 aliphatic heterocycles. The van der Waals surface area contributed by atoms with Crippen molar-refractivity contribution in [3.8, 4) is 0 Å². The van der Waals surface area contributed by atoms with Crippen molar-refractivity contribution in [2.45, 2.75) is 25.8 Å². The largest absolute Gasteiger partial charge is 0.349 e. The summed E-state index contributed by atoms with van der Waals surface area (Å²) >= 11 is 3.44. The fourth-order valence-corrected chi connectivity index (χ4v) is 2.90. The highest BCUT2D eigenvalue weighted by atomic mass is 79.9. The summed E-state index contributed by atoms with van der Waals surface area (Å²) in [7, 11) is 0. The summed E-state index contributed by atoms with van der Waals surface area (Å²) in [6, 6.07) is 13.3. The Morgan fingerprint density at radius 2 is 1.84 bits per heavy atom. The standard InChI is InChI=1S/C20H19BrN2O2/c1-13-2-10-18(17(21)12-13)23-19(24)11-5-14-3-6-15(7-4-14)20(25)22-16-8-9-16/h2-7,10-12,16H,8-9H2,1H3,(H,22,25)(H,23,24)/b11-5+. The van der Waals surface area contributed by atoms with E-state index in [2.05, 4.69) is 26.6 Å². The number of hydrogen-bond acceptors (Lipinski definition) is 2. The van der Waals surface area contributed by atoms with Gasteiger partial charge >= 0.3 is 0 Å². The van der Waals surface area contributed by atoms with E-state index >= 15 is 0 Å². The molecular weight excluding hydrogens is 380 g/mol. The maximum atomic E-state index is 12.0. The van der Waals surface area contributed by atoms with Crippen LogP contribution in [0.5, 0.6) is 0 Å². The van der Waals surface area contributed by atoms with E-state index in [-0.39, 0.29) is 11.8 Å². The molecule has 2 aromatic carbocycles. The lowest BCUT2D eigenvalue weighted by atomic mass is 10.1. The van der Waals surface area contributed by atoms with E-state index in [0.717, 1.165) is 34.1 Å². The molecule has 1 aliphatic rings. The van der Waals surface area contributed by atoms with Crippen LogP contribution in [-0.4, -0.2) is 17.9 Å². The lowest BCUT2D eigenvalue weighted by Crippen LogP contribution is -2.25. The van der Waals surface area contributed by atoms with Gasteiger partial charge in [-0.3, -0.25) is 9.59 Å². The average Bonchev–Trinajstić information content (AvgIpc) is 3.40. The number of aryl methyl sites for hydroxylation is 1. The molecule has 0 aromatic heterocycles. The van der Waals surface area contributed by atoms with Crippen LogP contribution in [0.2, 0.25) is 0 Å². The third-order valence-electron chi connectivity index (χ3n) is 3.90. The van der Waals surface area contributed by atoms with Gasteiger partial charge in [0, 0.05) is 22.2 Å². The number of anilines is 1. The minimum absolute atomic E-state index is 0.0417. The number of hydrogen-bond donors (Lipinski definition) is 2. The topological polar surface area (TPSA) is 58.2 Å². The molecule has 1 fully saturated rings. The van der Waals surface area contributed by atoms with Gasteiger partial charge < -0.3 is 10.6 Å². The Balaban J connectivity index is 1.58. The van der Waals surface area contributed by atoms with Crippen LogP contribution in [0.4, 0.5) is 5.69 Å². The minimum Gasteiger partial charge on any atom is -0.349 e. The molecule has 25 heavy (non-hydrogen) atoms. The zero-order valence-electron chi connectivity index (χ0n) is 13.9. The van der Waals surface area contributed by atoms with E-state index in [9.17, 15) is 9.59 Å². The molecule has 0 bridgehead atoms. The average molecular weight is 399 g/mol. The van der Waals surface area contributed by atoms with Crippen LogP contribution in [0.15, 0.2) is 53.0 Å². The van der Waals surface area contributed by atoms with Crippen LogP contribution in [0.3, 0.4) is 0 Å². The first-order valence-electron chi connectivity index (χ1n) is 8.17. The molecule has 0 spiro atoms. The maximum Gasteiger partial charge on any atom is 0.251 e. The summed E-state index contributed by atoms with van der Waals surface area (Å²) in [5, 5.41) is 5.78. The van der Waals surface area contributed by atoms with Gasteiger partial charge in [-0.05, 0) is 77.2 Å². The number of amides is 2. The Morgan fingerprint density at radius 1 is 1.12 bits per heavy atom. The fourth-order valence-electron chi connectivity index (χ4n) is 2.31. The fraction of sp³-hybridized carbons (Fsp3) is 0.200. The van der Waals surface area contributed by atoms with E-state index in [1.54, 1.807) is 18.2 Å². The normalized spacial score (nSPS) is 13.7. The Kier molecular flexibility index (Phi) is 5.34. The zero-order valence-corrected chi connectivity index (χ0v) is 15.5. The number of halogens is 1. The van der Waals surface area contributed by atoms with E-state index in [0.29, 0.717) is 11.6 Å². The van der Waals surface area contributed by atoms with Gasteiger partial charge in [0.1, 0.15) is 0 Å². The lowest BCUT2D eigenvalue weighted by molar-refractivity contribution is -0.111. The Bertz CT molecular complexity index is 824.